The van der Waals surface area contributed by atoms with Crippen LogP contribution >= 0.6 is 0 Å². The second-order valence-electron chi connectivity index (χ2n) is 4.96. The van der Waals surface area contributed by atoms with Crippen molar-refractivity contribution in [2.45, 2.75) is 30.7 Å². The highest BCUT2D eigenvalue weighted by Gasteiger charge is 2.23. The standard InChI is InChI=1S/C13H21N3O2S/c1-3-8-16(11-6-7-14-9-11)13-5-4-12(10-15-13)19(2,17)18/h4-5,10-11,14H,3,6-9H2,1-2H3. The fourth-order valence-electron chi connectivity index (χ4n) is 2.39. The number of anilines is 1. The Morgan fingerprint density at radius 3 is 2.74 bits per heavy atom. The number of rotatable bonds is 5. The smallest absolute Gasteiger partial charge is 0.177 e. The van der Waals surface area contributed by atoms with Gasteiger partial charge in [-0.05, 0) is 31.5 Å². The van der Waals surface area contributed by atoms with Gasteiger partial charge in [0.15, 0.2) is 9.84 Å². The molecule has 1 aliphatic rings. The molecular formula is C13H21N3O2S. The molecule has 1 unspecified atom stereocenters. The van der Waals surface area contributed by atoms with Gasteiger partial charge in [-0.2, -0.15) is 0 Å². The summed E-state index contributed by atoms with van der Waals surface area (Å²) in [6.07, 6.45) is 4.81. The Bertz CT molecular complexity index is 507. The zero-order valence-electron chi connectivity index (χ0n) is 11.5. The van der Waals surface area contributed by atoms with E-state index in [9.17, 15) is 8.42 Å². The fraction of sp³-hybridized carbons (Fsp3) is 0.615. The first-order valence-corrected chi connectivity index (χ1v) is 8.55. The SMILES string of the molecule is CCCN(c1ccc(S(C)(=O)=O)cn1)C1CCNC1. The predicted octanol–water partition coefficient (Wildman–Crippen LogP) is 1.06. The lowest BCUT2D eigenvalue weighted by Crippen LogP contribution is -2.38. The number of hydrogen-bond acceptors (Lipinski definition) is 5. The quantitative estimate of drug-likeness (QED) is 0.875. The van der Waals surface area contributed by atoms with Gasteiger partial charge >= 0.3 is 0 Å². The number of nitrogens with one attached hydrogen (secondary N) is 1. The molecule has 6 heteroatoms. The molecule has 19 heavy (non-hydrogen) atoms. The van der Waals surface area contributed by atoms with E-state index in [4.69, 9.17) is 0 Å². The van der Waals surface area contributed by atoms with Crippen LogP contribution in [0.15, 0.2) is 23.2 Å². The van der Waals surface area contributed by atoms with Gasteiger partial charge in [-0.15, -0.1) is 0 Å². The van der Waals surface area contributed by atoms with E-state index in [1.807, 2.05) is 6.07 Å². The Kier molecular flexibility index (Phi) is 4.42. The maximum Gasteiger partial charge on any atom is 0.177 e. The third-order valence-corrected chi connectivity index (χ3v) is 4.48. The van der Waals surface area contributed by atoms with Crippen LogP contribution in [0.5, 0.6) is 0 Å². The normalized spacial score (nSPS) is 19.6. The third-order valence-electron chi connectivity index (χ3n) is 3.38. The monoisotopic (exact) mass is 283 g/mol. The number of aromatic nitrogens is 1. The average molecular weight is 283 g/mol. The third kappa shape index (κ3) is 3.45. The van der Waals surface area contributed by atoms with E-state index < -0.39 is 9.84 Å². The molecule has 1 aliphatic heterocycles. The van der Waals surface area contributed by atoms with Crippen LogP contribution < -0.4 is 10.2 Å². The molecular weight excluding hydrogens is 262 g/mol. The molecule has 0 radical (unpaired) electrons. The van der Waals surface area contributed by atoms with Gasteiger partial charge < -0.3 is 10.2 Å². The topological polar surface area (TPSA) is 62.3 Å². The van der Waals surface area contributed by atoms with Crippen LogP contribution in [0, 0.1) is 0 Å². The summed E-state index contributed by atoms with van der Waals surface area (Å²) >= 11 is 0. The Morgan fingerprint density at radius 2 is 2.26 bits per heavy atom. The summed E-state index contributed by atoms with van der Waals surface area (Å²) in [6, 6.07) is 3.91. The number of nitrogens with zero attached hydrogens (tertiary/aromatic N) is 2. The molecule has 1 aromatic rings. The van der Waals surface area contributed by atoms with Gasteiger partial charge in [-0.1, -0.05) is 6.92 Å². The molecule has 0 aliphatic carbocycles. The van der Waals surface area contributed by atoms with Crippen LogP contribution in [0.1, 0.15) is 19.8 Å². The summed E-state index contributed by atoms with van der Waals surface area (Å²) < 4.78 is 22.9. The second-order valence-corrected chi connectivity index (χ2v) is 6.98. The van der Waals surface area contributed by atoms with Crippen LogP contribution in [0.4, 0.5) is 5.82 Å². The fourth-order valence-corrected chi connectivity index (χ4v) is 2.95. The highest BCUT2D eigenvalue weighted by Crippen LogP contribution is 2.20. The van der Waals surface area contributed by atoms with Gasteiger partial charge in [0.1, 0.15) is 5.82 Å². The molecule has 0 spiro atoms. The molecule has 1 atom stereocenters. The van der Waals surface area contributed by atoms with Crippen molar-refractivity contribution in [3.63, 3.8) is 0 Å². The Morgan fingerprint density at radius 1 is 1.47 bits per heavy atom. The highest BCUT2D eigenvalue weighted by atomic mass is 32.2. The van der Waals surface area contributed by atoms with E-state index in [1.54, 1.807) is 6.07 Å². The van der Waals surface area contributed by atoms with Crippen molar-refractivity contribution in [2.75, 3.05) is 30.8 Å². The minimum atomic E-state index is -3.17. The molecule has 1 N–H and O–H groups in total. The lowest BCUT2D eigenvalue weighted by Gasteiger charge is -2.29. The highest BCUT2D eigenvalue weighted by molar-refractivity contribution is 7.90. The maximum absolute atomic E-state index is 11.4. The average Bonchev–Trinajstić information content (AvgIpc) is 2.89. The Hall–Kier alpha value is -1.14. The zero-order chi connectivity index (χ0) is 13.9. The molecule has 2 rings (SSSR count). The summed E-state index contributed by atoms with van der Waals surface area (Å²) in [4.78, 5) is 6.87. The summed E-state index contributed by atoms with van der Waals surface area (Å²) in [6.45, 7) is 5.08. The minimum Gasteiger partial charge on any atom is -0.352 e. The van der Waals surface area contributed by atoms with Crippen LogP contribution in [0.3, 0.4) is 0 Å². The summed E-state index contributed by atoms with van der Waals surface area (Å²) in [5, 5.41) is 3.35. The van der Waals surface area contributed by atoms with E-state index in [2.05, 4.69) is 22.1 Å². The molecule has 1 aromatic heterocycles. The Labute approximate surface area is 114 Å². The van der Waals surface area contributed by atoms with E-state index in [0.29, 0.717) is 6.04 Å². The van der Waals surface area contributed by atoms with Crippen molar-refractivity contribution < 1.29 is 8.42 Å². The van der Waals surface area contributed by atoms with Crippen LogP contribution in [-0.4, -0.2) is 45.3 Å². The Balaban J connectivity index is 2.22. The van der Waals surface area contributed by atoms with Gasteiger partial charge in [0.2, 0.25) is 0 Å². The van der Waals surface area contributed by atoms with Crippen LogP contribution in [-0.2, 0) is 9.84 Å². The van der Waals surface area contributed by atoms with E-state index in [1.165, 1.54) is 12.5 Å². The molecule has 0 amide bonds. The number of pyridine rings is 1. The number of hydrogen-bond donors (Lipinski definition) is 1. The molecule has 0 saturated carbocycles. The lowest BCUT2D eigenvalue weighted by atomic mass is 10.2. The molecule has 1 saturated heterocycles. The first-order chi connectivity index (χ1) is 9.02. The van der Waals surface area contributed by atoms with Gasteiger partial charge in [0, 0.05) is 31.6 Å². The number of sulfone groups is 1. The van der Waals surface area contributed by atoms with Crippen molar-refractivity contribution in [3.05, 3.63) is 18.3 Å². The molecule has 5 nitrogen and oxygen atoms in total. The van der Waals surface area contributed by atoms with E-state index >= 15 is 0 Å². The van der Waals surface area contributed by atoms with E-state index in [-0.39, 0.29) is 4.90 Å². The summed E-state index contributed by atoms with van der Waals surface area (Å²) in [5.74, 6) is 0.864. The second kappa shape index (κ2) is 5.88. The minimum absolute atomic E-state index is 0.275. The van der Waals surface area contributed by atoms with Gasteiger partial charge in [0.25, 0.3) is 0 Å². The summed E-state index contributed by atoms with van der Waals surface area (Å²) in [5.41, 5.74) is 0. The zero-order valence-corrected chi connectivity index (χ0v) is 12.3. The molecule has 0 aromatic carbocycles. The molecule has 1 fully saturated rings. The van der Waals surface area contributed by atoms with Gasteiger partial charge in [-0.25, -0.2) is 13.4 Å². The predicted molar refractivity (Wildman–Crippen MR) is 76.3 cm³/mol. The van der Waals surface area contributed by atoms with Crippen molar-refractivity contribution in [1.82, 2.24) is 10.3 Å². The van der Waals surface area contributed by atoms with Crippen molar-refractivity contribution in [1.29, 1.82) is 0 Å². The largest absolute Gasteiger partial charge is 0.352 e. The molecule has 2 heterocycles. The van der Waals surface area contributed by atoms with Gasteiger partial charge in [-0.3, -0.25) is 0 Å². The first kappa shape index (κ1) is 14.3. The molecule has 106 valence electrons. The summed E-state index contributed by atoms with van der Waals surface area (Å²) in [7, 11) is -3.17. The first-order valence-electron chi connectivity index (χ1n) is 6.66. The maximum atomic E-state index is 11.4. The molecule has 0 bridgehead atoms. The van der Waals surface area contributed by atoms with E-state index in [0.717, 1.165) is 38.3 Å². The van der Waals surface area contributed by atoms with Crippen molar-refractivity contribution >= 4 is 15.7 Å². The van der Waals surface area contributed by atoms with Crippen LogP contribution in [0.2, 0.25) is 0 Å². The lowest BCUT2D eigenvalue weighted by molar-refractivity contribution is 0.600. The van der Waals surface area contributed by atoms with Gasteiger partial charge in [0.05, 0.1) is 4.90 Å². The van der Waals surface area contributed by atoms with Crippen molar-refractivity contribution in [3.8, 4) is 0 Å². The van der Waals surface area contributed by atoms with Crippen molar-refractivity contribution in [2.24, 2.45) is 0 Å². The van der Waals surface area contributed by atoms with Crippen LogP contribution in [0.25, 0.3) is 0 Å².